The maximum atomic E-state index is 12.9. The molecule has 154 valence electrons. The minimum Gasteiger partial charge on any atom is -0.480 e. The van der Waals surface area contributed by atoms with Gasteiger partial charge in [0.1, 0.15) is 11.6 Å². The van der Waals surface area contributed by atoms with Crippen molar-refractivity contribution >= 4 is 15.7 Å². The van der Waals surface area contributed by atoms with E-state index in [4.69, 9.17) is 4.74 Å². The van der Waals surface area contributed by atoms with Gasteiger partial charge in [0.05, 0.1) is 23.4 Å². The van der Waals surface area contributed by atoms with Gasteiger partial charge in [-0.1, -0.05) is 55.8 Å². The summed E-state index contributed by atoms with van der Waals surface area (Å²) in [5, 5.41) is 9.42. The first-order valence-corrected chi connectivity index (χ1v) is 11.1. The van der Waals surface area contributed by atoms with Crippen LogP contribution in [0.15, 0.2) is 65.6 Å². The highest BCUT2D eigenvalue weighted by atomic mass is 32.2. The number of nitriles is 1. The molecule has 0 amide bonds. The van der Waals surface area contributed by atoms with Gasteiger partial charge >= 0.3 is 0 Å². The maximum Gasteiger partial charge on any atom is 0.261 e. The van der Waals surface area contributed by atoms with Crippen LogP contribution in [0.1, 0.15) is 30.9 Å². The minimum atomic E-state index is -3.85. The Morgan fingerprint density at radius 2 is 1.80 bits per heavy atom. The van der Waals surface area contributed by atoms with Crippen LogP contribution in [0.2, 0.25) is 0 Å². The average molecular weight is 422 g/mol. The van der Waals surface area contributed by atoms with Crippen molar-refractivity contribution in [2.75, 3.05) is 11.8 Å². The highest BCUT2D eigenvalue weighted by Gasteiger charge is 2.20. The fraction of sp³-hybridized carbons (Fsp3) is 0.217. The van der Waals surface area contributed by atoms with Crippen molar-refractivity contribution < 1.29 is 13.2 Å². The standard InChI is InChI=1S/C23H23N3O3S/c1-3-4-8-17-11-13-18(14-12-17)22-21(15-19(16-24)23(25-22)29-2)26-30(27,28)20-9-6-5-7-10-20/h5-7,9-15,26H,3-4,8H2,1-2H3. The summed E-state index contributed by atoms with van der Waals surface area (Å²) >= 11 is 0. The van der Waals surface area contributed by atoms with Crippen molar-refractivity contribution in [3.8, 4) is 23.2 Å². The molecule has 2 aromatic carbocycles. The number of ether oxygens (including phenoxy) is 1. The molecule has 0 atom stereocenters. The molecule has 1 heterocycles. The molecule has 6 nitrogen and oxygen atoms in total. The molecular weight excluding hydrogens is 398 g/mol. The zero-order valence-electron chi connectivity index (χ0n) is 16.9. The van der Waals surface area contributed by atoms with Gasteiger partial charge < -0.3 is 4.74 Å². The number of methoxy groups -OCH3 is 1. The topological polar surface area (TPSA) is 92.1 Å². The van der Waals surface area contributed by atoms with Crippen molar-refractivity contribution in [2.45, 2.75) is 31.1 Å². The Labute approximate surface area is 177 Å². The number of anilines is 1. The molecule has 0 saturated heterocycles. The molecule has 0 spiro atoms. The summed E-state index contributed by atoms with van der Waals surface area (Å²) in [6.45, 7) is 2.15. The predicted molar refractivity (Wildman–Crippen MR) is 117 cm³/mol. The molecule has 3 rings (SSSR count). The number of unbranched alkanes of at least 4 members (excludes halogenated alkanes) is 1. The fourth-order valence-corrected chi connectivity index (χ4v) is 4.12. The van der Waals surface area contributed by atoms with Gasteiger partial charge in [0, 0.05) is 5.56 Å². The smallest absolute Gasteiger partial charge is 0.261 e. The largest absolute Gasteiger partial charge is 0.480 e. The number of nitrogens with one attached hydrogen (secondary N) is 1. The summed E-state index contributed by atoms with van der Waals surface area (Å²) in [5.41, 5.74) is 2.69. The van der Waals surface area contributed by atoms with Gasteiger partial charge in [0.15, 0.2) is 0 Å². The van der Waals surface area contributed by atoms with Crippen molar-refractivity contribution in [3.63, 3.8) is 0 Å². The number of pyridine rings is 1. The minimum absolute atomic E-state index is 0.125. The van der Waals surface area contributed by atoms with E-state index in [1.165, 1.54) is 30.9 Å². The maximum absolute atomic E-state index is 12.9. The lowest BCUT2D eigenvalue weighted by Gasteiger charge is -2.15. The normalized spacial score (nSPS) is 11.0. The number of sulfonamides is 1. The molecule has 0 fully saturated rings. The van der Waals surface area contributed by atoms with Gasteiger partial charge in [-0.15, -0.1) is 0 Å². The summed E-state index contributed by atoms with van der Waals surface area (Å²) in [5.74, 6) is 0.144. The molecule has 3 aromatic rings. The monoisotopic (exact) mass is 421 g/mol. The Balaban J connectivity index is 2.07. The average Bonchev–Trinajstić information content (AvgIpc) is 2.78. The quantitative estimate of drug-likeness (QED) is 0.565. The van der Waals surface area contributed by atoms with E-state index in [9.17, 15) is 13.7 Å². The van der Waals surface area contributed by atoms with E-state index in [0.29, 0.717) is 5.69 Å². The first-order chi connectivity index (χ1) is 14.5. The van der Waals surface area contributed by atoms with E-state index in [1.54, 1.807) is 18.2 Å². The molecule has 0 saturated carbocycles. The molecule has 0 aliphatic rings. The second-order valence-corrected chi connectivity index (χ2v) is 8.45. The first kappa shape index (κ1) is 21.3. The summed E-state index contributed by atoms with van der Waals surface area (Å²) in [7, 11) is -2.42. The van der Waals surface area contributed by atoms with Gasteiger partial charge in [-0.3, -0.25) is 4.72 Å². The summed E-state index contributed by atoms with van der Waals surface area (Å²) in [6.07, 6.45) is 3.19. The van der Waals surface area contributed by atoms with E-state index in [2.05, 4.69) is 16.6 Å². The zero-order chi connectivity index (χ0) is 21.6. The number of rotatable bonds is 8. The van der Waals surface area contributed by atoms with Gasteiger partial charge in [0.25, 0.3) is 10.0 Å². The number of aromatic nitrogens is 1. The summed E-state index contributed by atoms with van der Waals surface area (Å²) in [4.78, 5) is 4.56. The van der Waals surface area contributed by atoms with Crippen LogP contribution in [-0.4, -0.2) is 20.5 Å². The molecule has 0 aliphatic carbocycles. The Bertz CT molecular complexity index is 1150. The van der Waals surface area contributed by atoms with Crippen LogP contribution < -0.4 is 9.46 Å². The number of hydrogen-bond donors (Lipinski definition) is 1. The van der Waals surface area contributed by atoms with Gasteiger partial charge in [-0.25, -0.2) is 13.4 Å². The Morgan fingerprint density at radius 1 is 1.10 bits per heavy atom. The third kappa shape index (κ3) is 4.78. The van der Waals surface area contributed by atoms with E-state index in [0.717, 1.165) is 24.8 Å². The van der Waals surface area contributed by atoms with E-state index >= 15 is 0 Å². The number of benzene rings is 2. The molecule has 0 bridgehead atoms. The van der Waals surface area contributed by atoms with Crippen molar-refractivity contribution in [2.24, 2.45) is 0 Å². The molecule has 30 heavy (non-hydrogen) atoms. The van der Waals surface area contributed by atoms with E-state index < -0.39 is 10.0 Å². The molecule has 1 N–H and O–H groups in total. The van der Waals surface area contributed by atoms with Crippen LogP contribution in [0.25, 0.3) is 11.3 Å². The van der Waals surface area contributed by atoms with Crippen LogP contribution in [0, 0.1) is 11.3 Å². The Morgan fingerprint density at radius 3 is 2.40 bits per heavy atom. The van der Waals surface area contributed by atoms with Crippen molar-refractivity contribution in [1.82, 2.24) is 4.98 Å². The molecule has 0 radical (unpaired) electrons. The van der Waals surface area contributed by atoms with Gasteiger partial charge in [0.2, 0.25) is 5.88 Å². The lowest BCUT2D eigenvalue weighted by Crippen LogP contribution is -2.14. The third-order valence-electron chi connectivity index (χ3n) is 4.65. The van der Waals surface area contributed by atoms with E-state index in [1.807, 2.05) is 30.3 Å². The molecule has 1 aromatic heterocycles. The molecule has 7 heteroatoms. The van der Waals surface area contributed by atoms with Gasteiger partial charge in [-0.2, -0.15) is 5.26 Å². The lowest BCUT2D eigenvalue weighted by atomic mass is 10.0. The lowest BCUT2D eigenvalue weighted by molar-refractivity contribution is 0.397. The fourth-order valence-electron chi connectivity index (χ4n) is 3.04. The van der Waals surface area contributed by atoms with Crippen LogP contribution in [0.3, 0.4) is 0 Å². The molecule has 0 aliphatic heterocycles. The second kappa shape index (κ2) is 9.42. The first-order valence-electron chi connectivity index (χ1n) is 9.64. The van der Waals surface area contributed by atoms with E-state index in [-0.39, 0.29) is 22.0 Å². The summed E-state index contributed by atoms with van der Waals surface area (Å²) in [6, 6.07) is 19.3. The van der Waals surface area contributed by atoms with Crippen LogP contribution >= 0.6 is 0 Å². The predicted octanol–water partition coefficient (Wildman–Crippen LogP) is 4.77. The SMILES string of the molecule is CCCCc1ccc(-c2nc(OC)c(C#N)cc2NS(=O)(=O)c2ccccc2)cc1. The highest BCUT2D eigenvalue weighted by Crippen LogP contribution is 2.33. The summed E-state index contributed by atoms with van der Waals surface area (Å²) < 4.78 is 33.5. The third-order valence-corrected chi connectivity index (χ3v) is 6.03. The second-order valence-electron chi connectivity index (χ2n) is 6.77. The number of nitrogens with zero attached hydrogens (tertiary/aromatic N) is 2. The van der Waals surface area contributed by atoms with Crippen LogP contribution in [0.4, 0.5) is 5.69 Å². The Kier molecular flexibility index (Phi) is 6.70. The Hall–Kier alpha value is -3.37. The van der Waals surface area contributed by atoms with Crippen LogP contribution in [0.5, 0.6) is 5.88 Å². The molecule has 0 unspecified atom stereocenters. The number of aryl methyl sites for hydroxylation is 1. The highest BCUT2D eigenvalue weighted by molar-refractivity contribution is 7.92. The number of hydrogen-bond acceptors (Lipinski definition) is 5. The van der Waals surface area contributed by atoms with Crippen LogP contribution in [-0.2, 0) is 16.4 Å². The molecular formula is C23H23N3O3S. The van der Waals surface area contributed by atoms with Crippen molar-refractivity contribution in [3.05, 3.63) is 71.8 Å². The van der Waals surface area contributed by atoms with Gasteiger partial charge in [-0.05, 0) is 36.6 Å². The van der Waals surface area contributed by atoms with Crippen molar-refractivity contribution in [1.29, 1.82) is 5.26 Å². The zero-order valence-corrected chi connectivity index (χ0v) is 17.7.